The predicted octanol–water partition coefficient (Wildman–Crippen LogP) is 3.80. The van der Waals surface area contributed by atoms with Crippen LogP contribution in [0.3, 0.4) is 0 Å². The molecule has 0 saturated heterocycles. The van der Waals surface area contributed by atoms with Crippen molar-refractivity contribution in [2.24, 2.45) is 0 Å². The number of rotatable bonds is 1. The van der Waals surface area contributed by atoms with E-state index in [1.165, 1.54) is 0 Å². The van der Waals surface area contributed by atoms with Gasteiger partial charge in [0.2, 0.25) is 0 Å². The van der Waals surface area contributed by atoms with Gasteiger partial charge in [0.1, 0.15) is 11.5 Å². The molecule has 3 heteroatoms. The second-order valence-corrected chi connectivity index (χ2v) is 4.01. The standard InChI is InChI=1S/C12H12ClNO/c1-7-5-11(14)10(13)6-9(7)12-4-3-8(2)15-12/h3-6H,14H2,1-2H3. The van der Waals surface area contributed by atoms with Crippen molar-refractivity contribution in [1.82, 2.24) is 0 Å². The van der Waals surface area contributed by atoms with Gasteiger partial charge in [-0.15, -0.1) is 0 Å². The quantitative estimate of drug-likeness (QED) is 0.744. The van der Waals surface area contributed by atoms with Crippen LogP contribution in [0, 0.1) is 13.8 Å². The molecule has 2 nitrogen and oxygen atoms in total. The first-order chi connectivity index (χ1) is 7.08. The zero-order valence-electron chi connectivity index (χ0n) is 8.67. The van der Waals surface area contributed by atoms with E-state index in [1.54, 1.807) is 0 Å². The topological polar surface area (TPSA) is 39.2 Å². The highest BCUT2D eigenvalue weighted by Gasteiger charge is 2.08. The first kappa shape index (κ1) is 10.1. The highest BCUT2D eigenvalue weighted by molar-refractivity contribution is 6.33. The Balaban J connectivity index is 2.58. The van der Waals surface area contributed by atoms with Crippen molar-refractivity contribution in [2.45, 2.75) is 13.8 Å². The van der Waals surface area contributed by atoms with Gasteiger partial charge in [-0.3, -0.25) is 0 Å². The minimum atomic E-state index is 0.560. The molecule has 0 aliphatic heterocycles. The Labute approximate surface area is 93.7 Å². The van der Waals surface area contributed by atoms with Gasteiger partial charge in [-0.05, 0) is 43.7 Å². The van der Waals surface area contributed by atoms with Crippen LogP contribution in [0.4, 0.5) is 5.69 Å². The average molecular weight is 222 g/mol. The number of hydrogen-bond acceptors (Lipinski definition) is 2. The van der Waals surface area contributed by atoms with E-state index in [2.05, 4.69) is 0 Å². The number of anilines is 1. The fraction of sp³-hybridized carbons (Fsp3) is 0.167. The van der Waals surface area contributed by atoms with Crippen LogP contribution in [0.15, 0.2) is 28.7 Å². The average Bonchev–Trinajstić information content (AvgIpc) is 2.58. The van der Waals surface area contributed by atoms with Gasteiger partial charge in [-0.2, -0.15) is 0 Å². The largest absolute Gasteiger partial charge is 0.461 e. The van der Waals surface area contributed by atoms with Crippen molar-refractivity contribution in [3.05, 3.63) is 40.6 Å². The van der Waals surface area contributed by atoms with Crippen LogP contribution in [-0.2, 0) is 0 Å². The molecule has 0 bridgehead atoms. The van der Waals surface area contributed by atoms with Crippen molar-refractivity contribution < 1.29 is 4.42 Å². The summed E-state index contributed by atoms with van der Waals surface area (Å²) in [6.45, 7) is 3.90. The zero-order valence-corrected chi connectivity index (χ0v) is 9.43. The molecule has 0 fully saturated rings. The third-order valence-electron chi connectivity index (χ3n) is 2.35. The highest BCUT2D eigenvalue weighted by Crippen LogP contribution is 2.31. The second kappa shape index (κ2) is 3.63. The maximum absolute atomic E-state index is 5.98. The molecule has 0 radical (unpaired) electrons. The van der Waals surface area contributed by atoms with Crippen molar-refractivity contribution in [3.63, 3.8) is 0 Å². The normalized spacial score (nSPS) is 10.6. The van der Waals surface area contributed by atoms with Crippen LogP contribution in [-0.4, -0.2) is 0 Å². The monoisotopic (exact) mass is 221 g/mol. The third kappa shape index (κ3) is 1.85. The van der Waals surface area contributed by atoms with Crippen molar-refractivity contribution in [3.8, 4) is 11.3 Å². The van der Waals surface area contributed by atoms with E-state index < -0.39 is 0 Å². The van der Waals surface area contributed by atoms with Gasteiger partial charge in [0.15, 0.2) is 0 Å². The van der Waals surface area contributed by atoms with Gasteiger partial charge in [0, 0.05) is 5.56 Å². The molecule has 2 N–H and O–H groups in total. The molecule has 1 aromatic carbocycles. The van der Waals surface area contributed by atoms with E-state index in [9.17, 15) is 0 Å². The van der Waals surface area contributed by atoms with Gasteiger partial charge in [0.25, 0.3) is 0 Å². The molecular formula is C12H12ClNO. The van der Waals surface area contributed by atoms with Crippen LogP contribution in [0.1, 0.15) is 11.3 Å². The summed E-state index contributed by atoms with van der Waals surface area (Å²) in [6, 6.07) is 7.56. The summed E-state index contributed by atoms with van der Waals surface area (Å²) < 4.78 is 5.55. The van der Waals surface area contributed by atoms with Crippen molar-refractivity contribution in [2.75, 3.05) is 5.73 Å². The fourth-order valence-electron chi connectivity index (χ4n) is 1.55. The summed E-state index contributed by atoms with van der Waals surface area (Å²) >= 11 is 5.98. The Hall–Kier alpha value is -1.41. The highest BCUT2D eigenvalue weighted by atomic mass is 35.5. The predicted molar refractivity (Wildman–Crippen MR) is 63.0 cm³/mol. The molecule has 0 amide bonds. The van der Waals surface area contributed by atoms with Gasteiger partial charge in [-0.25, -0.2) is 0 Å². The molecule has 1 aromatic heterocycles. The number of halogens is 1. The Morgan fingerprint density at radius 3 is 2.53 bits per heavy atom. The first-order valence-corrected chi connectivity index (χ1v) is 5.08. The number of furan rings is 1. The van der Waals surface area contributed by atoms with E-state index in [1.807, 2.05) is 38.1 Å². The first-order valence-electron chi connectivity index (χ1n) is 4.70. The number of benzene rings is 1. The Kier molecular flexibility index (Phi) is 2.45. The van der Waals surface area contributed by atoms with Crippen molar-refractivity contribution >= 4 is 17.3 Å². The van der Waals surface area contributed by atoms with Crippen LogP contribution in [0.5, 0.6) is 0 Å². The SMILES string of the molecule is Cc1ccc(-c2cc(Cl)c(N)cc2C)o1. The zero-order chi connectivity index (χ0) is 11.0. The van der Waals surface area contributed by atoms with Crippen LogP contribution in [0.25, 0.3) is 11.3 Å². The smallest absolute Gasteiger partial charge is 0.134 e. The van der Waals surface area contributed by atoms with E-state index in [0.29, 0.717) is 10.7 Å². The van der Waals surface area contributed by atoms with E-state index >= 15 is 0 Å². The summed E-state index contributed by atoms with van der Waals surface area (Å²) in [6.07, 6.45) is 0. The Morgan fingerprint density at radius 2 is 1.93 bits per heavy atom. The van der Waals surface area contributed by atoms with E-state index in [0.717, 1.165) is 22.6 Å². The lowest BCUT2D eigenvalue weighted by molar-refractivity contribution is 0.548. The molecule has 15 heavy (non-hydrogen) atoms. The summed E-state index contributed by atoms with van der Waals surface area (Å²) in [7, 11) is 0. The number of aryl methyl sites for hydroxylation is 2. The molecule has 0 spiro atoms. The van der Waals surface area contributed by atoms with Crippen LogP contribution in [0.2, 0.25) is 5.02 Å². The molecule has 0 aliphatic carbocycles. The lowest BCUT2D eigenvalue weighted by Crippen LogP contribution is -1.89. The Morgan fingerprint density at radius 1 is 1.20 bits per heavy atom. The van der Waals surface area contributed by atoms with Crippen LogP contribution < -0.4 is 5.73 Å². The summed E-state index contributed by atoms with van der Waals surface area (Å²) in [5.41, 5.74) is 8.36. The van der Waals surface area contributed by atoms with Gasteiger partial charge >= 0.3 is 0 Å². The molecule has 78 valence electrons. The lowest BCUT2D eigenvalue weighted by Gasteiger charge is -2.05. The minimum Gasteiger partial charge on any atom is -0.461 e. The van der Waals surface area contributed by atoms with E-state index in [-0.39, 0.29) is 0 Å². The lowest BCUT2D eigenvalue weighted by atomic mass is 10.1. The van der Waals surface area contributed by atoms with Gasteiger partial charge < -0.3 is 10.2 Å². The molecule has 0 aliphatic rings. The molecule has 0 saturated carbocycles. The summed E-state index contributed by atoms with van der Waals surface area (Å²) in [4.78, 5) is 0. The third-order valence-corrected chi connectivity index (χ3v) is 2.68. The minimum absolute atomic E-state index is 0.560. The van der Waals surface area contributed by atoms with Crippen molar-refractivity contribution in [1.29, 1.82) is 0 Å². The number of hydrogen-bond donors (Lipinski definition) is 1. The fourth-order valence-corrected chi connectivity index (χ4v) is 1.71. The number of nitrogens with two attached hydrogens (primary N) is 1. The van der Waals surface area contributed by atoms with E-state index in [4.69, 9.17) is 21.8 Å². The Bertz CT molecular complexity index is 502. The molecule has 0 atom stereocenters. The molecule has 1 heterocycles. The summed E-state index contributed by atoms with van der Waals surface area (Å²) in [5, 5.41) is 0.560. The molecular weight excluding hydrogens is 210 g/mol. The van der Waals surface area contributed by atoms with Crippen LogP contribution >= 0.6 is 11.6 Å². The second-order valence-electron chi connectivity index (χ2n) is 3.60. The van der Waals surface area contributed by atoms with Gasteiger partial charge in [-0.1, -0.05) is 11.6 Å². The number of nitrogen functional groups attached to an aromatic ring is 1. The molecule has 0 unspecified atom stereocenters. The molecule has 2 aromatic rings. The summed E-state index contributed by atoms with van der Waals surface area (Å²) in [5.74, 6) is 1.71. The maximum Gasteiger partial charge on any atom is 0.134 e. The molecule has 2 rings (SSSR count). The maximum atomic E-state index is 5.98. The van der Waals surface area contributed by atoms with Gasteiger partial charge in [0.05, 0.1) is 10.7 Å².